The minimum atomic E-state index is -3.76. The molecule has 1 N–H and O–H groups in total. The van der Waals surface area contributed by atoms with E-state index in [-0.39, 0.29) is 16.3 Å². The van der Waals surface area contributed by atoms with Crippen LogP contribution in [0.1, 0.15) is 33.1 Å². The molecule has 0 amide bonds. The van der Waals surface area contributed by atoms with Crippen molar-refractivity contribution in [2.24, 2.45) is 11.0 Å². The van der Waals surface area contributed by atoms with Crippen LogP contribution in [0.3, 0.4) is 0 Å². The Hall–Kier alpha value is -2.26. The lowest BCUT2D eigenvalue weighted by molar-refractivity contribution is -0.384. The molecule has 2 rings (SSSR count). The second kappa shape index (κ2) is 8.91. The first kappa shape index (κ1) is 20.1. The van der Waals surface area contributed by atoms with Crippen molar-refractivity contribution in [3.8, 4) is 0 Å². The quantitative estimate of drug-likeness (QED) is 0.322. The summed E-state index contributed by atoms with van der Waals surface area (Å²) in [6.07, 6.45) is 8.84. The predicted octanol–water partition coefficient (Wildman–Crippen LogP) is 3.38. The zero-order chi connectivity index (χ0) is 19.2. The number of allylic oxidation sites excluding steroid dienone is 2. The number of hydrazone groups is 1. The normalized spacial score (nSPS) is 17.7. The van der Waals surface area contributed by atoms with E-state index in [9.17, 15) is 18.5 Å². The van der Waals surface area contributed by atoms with E-state index in [1.165, 1.54) is 16.4 Å². The SMILES string of the molecule is CCN(CC)S(=O)(=O)c1ccc(NN=CC2CC=CCC2)c([N+](=O)[O-])c1. The Morgan fingerprint density at radius 3 is 2.65 bits per heavy atom. The number of nitrogens with zero attached hydrogens (tertiary/aromatic N) is 3. The third-order valence-corrected chi connectivity index (χ3v) is 6.33. The summed E-state index contributed by atoms with van der Waals surface area (Å²) in [5.74, 6) is 0.300. The van der Waals surface area contributed by atoms with Crippen LogP contribution in [0, 0.1) is 16.0 Å². The van der Waals surface area contributed by atoms with E-state index in [1.54, 1.807) is 20.1 Å². The fourth-order valence-electron chi connectivity index (χ4n) is 2.79. The minimum Gasteiger partial charge on any atom is -0.272 e. The molecule has 26 heavy (non-hydrogen) atoms. The van der Waals surface area contributed by atoms with Gasteiger partial charge in [-0.1, -0.05) is 26.0 Å². The van der Waals surface area contributed by atoms with Gasteiger partial charge in [0.15, 0.2) is 0 Å². The van der Waals surface area contributed by atoms with Gasteiger partial charge in [-0.3, -0.25) is 15.5 Å². The van der Waals surface area contributed by atoms with E-state index in [0.29, 0.717) is 19.0 Å². The van der Waals surface area contributed by atoms with Gasteiger partial charge in [-0.25, -0.2) is 8.42 Å². The van der Waals surface area contributed by atoms with Gasteiger partial charge in [0.2, 0.25) is 10.0 Å². The third-order valence-electron chi connectivity index (χ3n) is 4.29. The topological polar surface area (TPSA) is 105 Å². The van der Waals surface area contributed by atoms with Gasteiger partial charge in [0.1, 0.15) is 5.69 Å². The second-order valence-electron chi connectivity index (χ2n) is 5.96. The average Bonchev–Trinajstić information content (AvgIpc) is 2.63. The third kappa shape index (κ3) is 4.67. The van der Waals surface area contributed by atoms with Gasteiger partial charge in [-0.05, 0) is 37.3 Å². The Morgan fingerprint density at radius 1 is 1.35 bits per heavy atom. The standard InChI is InChI=1S/C17H24N4O4S/c1-3-20(4-2)26(24,25)15-10-11-16(17(12-15)21(22)23)19-18-13-14-8-6-5-7-9-14/h5-6,10-14,19H,3-4,7-9H2,1-2H3. The number of rotatable bonds is 8. The van der Waals surface area contributed by atoms with Gasteiger partial charge in [0.05, 0.1) is 9.82 Å². The summed E-state index contributed by atoms with van der Waals surface area (Å²) in [7, 11) is -3.76. The van der Waals surface area contributed by atoms with E-state index in [2.05, 4.69) is 22.7 Å². The number of benzene rings is 1. The van der Waals surface area contributed by atoms with Gasteiger partial charge < -0.3 is 0 Å². The van der Waals surface area contributed by atoms with E-state index in [0.717, 1.165) is 25.3 Å². The van der Waals surface area contributed by atoms with Crippen molar-refractivity contribution in [3.05, 3.63) is 40.5 Å². The highest BCUT2D eigenvalue weighted by molar-refractivity contribution is 7.89. The van der Waals surface area contributed by atoms with Gasteiger partial charge in [0.25, 0.3) is 5.69 Å². The molecule has 1 aromatic rings. The number of hydrogen-bond acceptors (Lipinski definition) is 6. The highest BCUT2D eigenvalue weighted by Crippen LogP contribution is 2.29. The zero-order valence-electron chi connectivity index (χ0n) is 15.0. The number of hydrogen-bond donors (Lipinski definition) is 1. The number of sulfonamides is 1. The first-order valence-corrected chi connectivity index (χ1v) is 10.1. The summed E-state index contributed by atoms with van der Waals surface area (Å²) in [6, 6.07) is 3.82. The Labute approximate surface area is 153 Å². The highest BCUT2D eigenvalue weighted by atomic mass is 32.2. The number of nitrogens with one attached hydrogen (secondary N) is 1. The van der Waals surface area contributed by atoms with Crippen LogP contribution in [-0.4, -0.2) is 37.0 Å². The average molecular weight is 380 g/mol. The van der Waals surface area contributed by atoms with Crippen LogP contribution in [0.5, 0.6) is 0 Å². The molecule has 1 aromatic carbocycles. The fourth-order valence-corrected chi connectivity index (χ4v) is 4.27. The fraction of sp³-hybridized carbons (Fsp3) is 0.471. The molecule has 1 aliphatic rings. The molecular weight excluding hydrogens is 356 g/mol. The Morgan fingerprint density at radius 2 is 2.08 bits per heavy atom. The van der Waals surface area contributed by atoms with Gasteiger partial charge in [-0.15, -0.1) is 0 Å². The van der Waals surface area contributed by atoms with Crippen LogP contribution < -0.4 is 5.43 Å². The Bertz CT molecular complexity index is 801. The van der Waals surface area contributed by atoms with Crippen molar-refractivity contribution in [1.29, 1.82) is 0 Å². The smallest absolute Gasteiger partial charge is 0.272 e. The molecule has 1 atom stereocenters. The first-order chi connectivity index (χ1) is 12.4. The number of nitro groups is 1. The lowest BCUT2D eigenvalue weighted by Gasteiger charge is -2.18. The summed E-state index contributed by atoms with van der Waals surface area (Å²) in [6.45, 7) is 4.04. The van der Waals surface area contributed by atoms with Crippen LogP contribution in [0.2, 0.25) is 0 Å². The monoisotopic (exact) mass is 380 g/mol. The van der Waals surface area contributed by atoms with Crippen molar-refractivity contribution >= 4 is 27.6 Å². The van der Waals surface area contributed by atoms with Gasteiger partial charge in [0, 0.05) is 25.4 Å². The Balaban J connectivity index is 2.24. The molecule has 142 valence electrons. The molecule has 0 aromatic heterocycles. The van der Waals surface area contributed by atoms with Crippen molar-refractivity contribution in [1.82, 2.24) is 4.31 Å². The molecule has 0 saturated carbocycles. The summed E-state index contributed by atoms with van der Waals surface area (Å²) in [4.78, 5) is 10.7. The molecule has 9 heteroatoms. The maximum Gasteiger partial charge on any atom is 0.295 e. The van der Waals surface area contributed by atoms with Crippen LogP contribution in [0.15, 0.2) is 40.3 Å². The van der Waals surface area contributed by atoms with E-state index >= 15 is 0 Å². The molecular formula is C17H24N4O4S. The highest BCUT2D eigenvalue weighted by Gasteiger charge is 2.25. The number of nitro benzene ring substituents is 1. The molecule has 0 aliphatic heterocycles. The van der Waals surface area contributed by atoms with Crippen LogP contribution in [0.4, 0.5) is 11.4 Å². The molecule has 0 heterocycles. The lowest BCUT2D eigenvalue weighted by Crippen LogP contribution is -2.30. The van der Waals surface area contributed by atoms with E-state index in [4.69, 9.17) is 0 Å². The summed E-state index contributed by atoms with van der Waals surface area (Å²) >= 11 is 0. The van der Waals surface area contributed by atoms with Crippen LogP contribution in [0.25, 0.3) is 0 Å². The molecule has 8 nitrogen and oxygen atoms in total. The van der Waals surface area contributed by atoms with Crippen molar-refractivity contribution in [2.45, 2.75) is 38.0 Å². The van der Waals surface area contributed by atoms with Crippen LogP contribution >= 0.6 is 0 Å². The molecule has 1 unspecified atom stereocenters. The summed E-state index contributed by atoms with van der Waals surface area (Å²) in [5.41, 5.74) is 2.52. The maximum atomic E-state index is 12.5. The molecule has 0 bridgehead atoms. The second-order valence-corrected chi connectivity index (χ2v) is 7.90. The lowest BCUT2D eigenvalue weighted by atomic mass is 9.96. The summed E-state index contributed by atoms with van der Waals surface area (Å²) < 4.78 is 26.4. The maximum absolute atomic E-state index is 12.5. The van der Waals surface area contributed by atoms with E-state index < -0.39 is 14.9 Å². The molecule has 1 aliphatic carbocycles. The molecule has 0 fully saturated rings. The van der Waals surface area contributed by atoms with Crippen molar-refractivity contribution in [3.63, 3.8) is 0 Å². The predicted molar refractivity (Wildman–Crippen MR) is 102 cm³/mol. The van der Waals surface area contributed by atoms with Crippen molar-refractivity contribution < 1.29 is 13.3 Å². The van der Waals surface area contributed by atoms with Crippen molar-refractivity contribution in [2.75, 3.05) is 18.5 Å². The molecule has 0 saturated heterocycles. The molecule has 0 radical (unpaired) electrons. The van der Waals surface area contributed by atoms with E-state index in [1.807, 2.05) is 0 Å². The molecule has 0 spiro atoms. The largest absolute Gasteiger partial charge is 0.295 e. The minimum absolute atomic E-state index is 0.0974. The Kier molecular flexibility index (Phi) is 6.87. The van der Waals surface area contributed by atoms with Gasteiger partial charge in [-0.2, -0.15) is 9.41 Å². The number of anilines is 1. The van der Waals surface area contributed by atoms with Gasteiger partial charge >= 0.3 is 0 Å². The van der Waals surface area contributed by atoms with Crippen LogP contribution in [-0.2, 0) is 10.0 Å². The zero-order valence-corrected chi connectivity index (χ0v) is 15.8. The summed E-state index contributed by atoms with van der Waals surface area (Å²) in [5, 5.41) is 15.5. The first-order valence-electron chi connectivity index (χ1n) is 8.62.